The number of hydrogen-bond donors (Lipinski definition) is 4. The van der Waals surface area contributed by atoms with E-state index in [4.69, 9.17) is 20.4 Å². The van der Waals surface area contributed by atoms with Crippen molar-refractivity contribution in [1.82, 2.24) is 0 Å². The van der Waals surface area contributed by atoms with Crippen LogP contribution < -0.4 is 0 Å². The molecule has 11 heavy (non-hydrogen) atoms. The Kier molecular flexibility index (Phi) is 3.61. The Morgan fingerprint density at radius 2 is 2.00 bits per heavy atom. The van der Waals surface area contributed by atoms with E-state index in [-0.39, 0.29) is 6.29 Å². The van der Waals surface area contributed by atoms with E-state index >= 15 is 0 Å². The number of aliphatic hydroxyl groups excluding tert-OH is 3. The van der Waals surface area contributed by atoms with Gasteiger partial charge in [-0.3, -0.25) is 0 Å². The highest BCUT2D eigenvalue weighted by molar-refractivity contribution is 5.62. The van der Waals surface area contributed by atoms with Crippen molar-refractivity contribution in [3.05, 3.63) is 0 Å². The van der Waals surface area contributed by atoms with Crippen molar-refractivity contribution in [2.24, 2.45) is 0 Å². The summed E-state index contributed by atoms with van der Waals surface area (Å²) in [4.78, 5) is 10.1. The van der Waals surface area contributed by atoms with Crippen LogP contribution in [0.3, 0.4) is 0 Å². The molecule has 0 aromatic heterocycles. The molecule has 0 fully saturated rings. The van der Waals surface area contributed by atoms with E-state index in [0.29, 0.717) is 0 Å². The van der Waals surface area contributed by atoms with E-state index in [1.54, 1.807) is 0 Å². The van der Waals surface area contributed by atoms with Gasteiger partial charge >= 0.3 is 0 Å². The third kappa shape index (κ3) is 2.55. The van der Waals surface area contributed by atoms with Crippen molar-refractivity contribution < 1.29 is 25.2 Å². The van der Waals surface area contributed by atoms with Crippen LogP contribution in [0.4, 0.5) is 0 Å². The topological polar surface area (TPSA) is 98.0 Å². The van der Waals surface area contributed by atoms with E-state index in [1.165, 1.54) is 0 Å². The van der Waals surface area contributed by atoms with Gasteiger partial charge in [-0.1, -0.05) is 0 Å². The fourth-order valence-electron chi connectivity index (χ4n) is 0.559. The normalized spacial score (nSPS) is 21.9. The van der Waals surface area contributed by atoms with Gasteiger partial charge in [-0.2, -0.15) is 0 Å². The maximum Gasteiger partial charge on any atom is 0.154 e. The lowest BCUT2D eigenvalue weighted by Crippen LogP contribution is -2.49. The number of hydrogen-bond acceptors (Lipinski definition) is 5. The molecule has 0 aliphatic rings. The van der Waals surface area contributed by atoms with Gasteiger partial charge in [0.05, 0.1) is 6.61 Å². The van der Waals surface area contributed by atoms with Crippen LogP contribution in [0.2, 0.25) is 0 Å². The molecule has 0 spiro atoms. The van der Waals surface area contributed by atoms with Crippen LogP contribution >= 0.6 is 0 Å². The van der Waals surface area contributed by atoms with Crippen LogP contribution in [0.1, 0.15) is 6.92 Å². The summed E-state index contributed by atoms with van der Waals surface area (Å²) in [6.45, 7) is 0.342. The molecule has 0 aliphatic heterocycles. The standard InChI is InChI=1S/C6H12O5/c1-6(11,3-8)5(10)4(9)2-7/h3-5,7,9-11H,2H2,1H3/t4?,5-,6-/m1/s1. The van der Waals surface area contributed by atoms with Crippen molar-refractivity contribution in [3.63, 3.8) is 0 Å². The average Bonchev–Trinajstić information content (AvgIpc) is 2.01. The number of carbonyl (C=O) groups excluding carboxylic acids is 1. The lowest BCUT2D eigenvalue weighted by Gasteiger charge is -2.25. The molecule has 0 bridgehead atoms. The molecular weight excluding hydrogens is 152 g/mol. The van der Waals surface area contributed by atoms with Crippen LogP contribution in [-0.4, -0.2) is 51.1 Å². The molecule has 0 heterocycles. The Morgan fingerprint density at radius 1 is 1.55 bits per heavy atom. The molecule has 4 N–H and O–H groups in total. The first-order valence-electron chi connectivity index (χ1n) is 3.11. The molecule has 0 rings (SSSR count). The first-order valence-corrected chi connectivity index (χ1v) is 3.11. The van der Waals surface area contributed by atoms with Crippen LogP contribution in [0.5, 0.6) is 0 Å². The Hall–Kier alpha value is -0.490. The van der Waals surface area contributed by atoms with Gasteiger partial charge in [-0.15, -0.1) is 0 Å². The monoisotopic (exact) mass is 164 g/mol. The second-order valence-corrected chi connectivity index (χ2v) is 2.54. The molecule has 5 heteroatoms. The van der Waals surface area contributed by atoms with Gasteiger partial charge in [0.1, 0.15) is 17.8 Å². The van der Waals surface area contributed by atoms with Crippen LogP contribution in [0, 0.1) is 0 Å². The molecule has 0 amide bonds. The highest BCUT2D eigenvalue weighted by Crippen LogP contribution is 2.09. The fourth-order valence-corrected chi connectivity index (χ4v) is 0.559. The van der Waals surface area contributed by atoms with E-state index in [2.05, 4.69) is 0 Å². The molecule has 66 valence electrons. The molecule has 0 saturated heterocycles. The zero-order valence-corrected chi connectivity index (χ0v) is 6.14. The highest BCUT2D eigenvalue weighted by atomic mass is 16.4. The number of aliphatic hydroxyl groups is 4. The Bertz CT molecular complexity index is 133. The van der Waals surface area contributed by atoms with Crippen LogP contribution in [-0.2, 0) is 4.79 Å². The Morgan fingerprint density at radius 3 is 2.27 bits per heavy atom. The zero-order chi connectivity index (χ0) is 9.07. The Labute approximate surface area is 63.9 Å². The molecule has 0 aliphatic carbocycles. The third-order valence-corrected chi connectivity index (χ3v) is 1.39. The second-order valence-electron chi connectivity index (χ2n) is 2.54. The third-order valence-electron chi connectivity index (χ3n) is 1.39. The summed E-state index contributed by atoms with van der Waals surface area (Å²) >= 11 is 0. The first-order chi connectivity index (χ1) is 4.95. The summed E-state index contributed by atoms with van der Waals surface area (Å²) in [7, 11) is 0. The minimum absolute atomic E-state index is 0.108. The van der Waals surface area contributed by atoms with Gasteiger partial charge in [-0.05, 0) is 6.92 Å². The average molecular weight is 164 g/mol. The van der Waals surface area contributed by atoms with Gasteiger partial charge in [0, 0.05) is 0 Å². The van der Waals surface area contributed by atoms with E-state index in [1.807, 2.05) is 0 Å². The van der Waals surface area contributed by atoms with Crippen molar-refractivity contribution in [3.8, 4) is 0 Å². The number of rotatable bonds is 4. The summed E-state index contributed by atoms with van der Waals surface area (Å²) in [6, 6.07) is 0. The molecule has 0 aromatic carbocycles. The summed E-state index contributed by atoms with van der Waals surface area (Å²) in [5, 5.41) is 35.1. The quantitative estimate of drug-likeness (QED) is 0.349. The lowest BCUT2D eigenvalue weighted by atomic mass is 9.97. The van der Waals surface area contributed by atoms with E-state index < -0.39 is 24.4 Å². The smallest absolute Gasteiger partial charge is 0.154 e. The summed E-state index contributed by atoms with van der Waals surface area (Å²) < 4.78 is 0. The van der Waals surface area contributed by atoms with E-state index in [0.717, 1.165) is 6.92 Å². The summed E-state index contributed by atoms with van der Waals surface area (Å²) in [5.41, 5.74) is -2.01. The summed E-state index contributed by atoms with van der Waals surface area (Å²) in [6.07, 6.45) is -3.06. The molecule has 0 radical (unpaired) electrons. The SMILES string of the molecule is C[C@@](O)(C=O)[C@H](O)C(O)CO. The largest absolute Gasteiger partial charge is 0.394 e. The first kappa shape index (κ1) is 10.5. The van der Waals surface area contributed by atoms with E-state index in [9.17, 15) is 4.79 Å². The predicted octanol–water partition coefficient (Wildman–Crippen LogP) is -2.35. The lowest BCUT2D eigenvalue weighted by molar-refractivity contribution is -0.148. The predicted molar refractivity (Wildman–Crippen MR) is 35.8 cm³/mol. The summed E-state index contributed by atoms with van der Waals surface area (Å²) in [5.74, 6) is 0. The zero-order valence-electron chi connectivity index (χ0n) is 6.14. The highest BCUT2D eigenvalue weighted by Gasteiger charge is 2.34. The maximum absolute atomic E-state index is 10.1. The van der Waals surface area contributed by atoms with Crippen LogP contribution in [0.25, 0.3) is 0 Å². The van der Waals surface area contributed by atoms with Crippen molar-refractivity contribution in [1.29, 1.82) is 0 Å². The molecule has 5 nitrogen and oxygen atoms in total. The minimum atomic E-state index is -2.01. The van der Waals surface area contributed by atoms with Gasteiger partial charge in [0.25, 0.3) is 0 Å². The maximum atomic E-state index is 10.1. The van der Waals surface area contributed by atoms with Gasteiger partial charge in [-0.25, -0.2) is 0 Å². The fraction of sp³-hybridized carbons (Fsp3) is 0.833. The van der Waals surface area contributed by atoms with Crippen LogP contribution in [0.15, 0.2) is 0 Å². The molecule has 3 atom stereocenters. The molecular formula is C6H12O5. The van der Waals surface area contributed by atoms with Gasteiger partial charge in [0.15, 0.2) is 6.29 Å². The molecule has 1 unspecified atom stereocenters. The number of carbonyl (C=O) groups is 1. The van der Waals surface area contributed by atoms with Gasteiger partial charge < -0.3 is 25.2 Å². The Balaban J connectivity index is 4.21. The van der Waals surface area contributed by atoms with Crippen molar-refractivity contribution in [2.75, 3.05) is 6.61 Å². The van der Waals surface area contributed by atoms with Crippen molar-refractivity contribution >= 4 is 6.29 Å². The van der Waals surface area contributed by atoms with Gasteiger partial charge in [0.2, 0.25) is 0 Å². The van der Waals surface area contributed by atoms with Crippen molar-refractivity contribution in [2.45, 2.75) is 24.7 Å². The molecule has 0 saturated carbocycles. The minimum Gasteiger partial charge on any atom is -0.394 e. The molecule has 0 aromatic rings. The second kappa shape index (κ2) is 3.77. The number of aldehydes is 1.